The van der Waals surface area contributed by atoms with Gasteiger partial charge in [-0.15, -0.1) is 0 Å². The van der Waals surface area contributed by atoms with Crippen molar-refractivity contribution in [3.8, 4) is 0 Å². The normalized spacial score (nSPS) is 9.08. The molecule has 0 aliphatic carbocycles. The number of rotatable bonds is 0. The first-order chi connectivity index (χ1) is 4.00. The Morgan fingerprint density at radius 3 is 0.538 bits per heavy atom. The third-order valence-electron chi connectivity index (χ3n) is 0. The van der Waals surface area contributed by atoms with Gasteiger partial charge >= 0.3 is 82.9 Å². The van der Waals surface area contributed by atoms with Crippen LogP contribution in [0.4, 0.5) is 0 Å². The Balaban J connectivity index is -0.0000000267. The third-order valence-corrected chi connectivity index (χ3v) is 0. The Kier molecular flexibility index (Phi) is 24.6. The zero-order valence-corrected chi connectivity index (χ0v) is 10.5. The predicted octanol–water partition coefficient (Wildman–Crippen LogP) is -8.49. The molecule has 12 radical (unpaired) electrons. The van der Waals surface area contributed by atoms with Crippen molar-refractivity contribution in [2.24, 2.45) is 0 Å². The summed E-state index contributed by atoms with van der Waals surface area (Å²) in [6.45, 7) is 0. The summed E-state index contributed by atoms with van der Waals surface area (Å²) in [4.78, 5) is 0. The fraction of sp³-hybridized carbons (Fsp3) is 0. The summed E-state index contributed by atoms with van der Waals surface area (Å²) in [6, 6.07) is 0. The summed E-state index contributed by atoms with van der Waals surface area (Å²) in [5, 5.41) is 0. The predicted molar refractivity (Wildman–Crippen MR) is 14.9 cm³/mol. The molecule has 0 aromatic heterocycles. The van der Waals surface area contributed by atoms with Crippen LogP contribution in [0.1, 0.15) is 0 Å². The molecule has 0 fully saturated rings. The average molecular weight is 420 g/mol. The number of hydrogen-bond acceptors (Lipinski definition) is 8. The van der Waals surface area contributed by atoms with Gasteiger partial charge in [0.1, 0.15) is 0 Å². The molecule has 0 unspecified atom stereocenters. The van der Waals surface area contributed by atoms with Crippen molar-refractivity contribution in [2.75, 3.05) is 0 Å². The molecule has 0 N–H and O–H groups in total. The van der Waals surface area contributed by atoms with Crippen LogP contribution in [0.3, 0.4) is 0 Å². The van der Waals surface area contributed by atoms with Crippen LogP contribution in [-0.2, 0) is 22.5 Å². The van der Waals surface area contributed by atoms with Crippen LogP contribution in [0.2, 0.25) is 0 Å². The zero-order chi connectivity index (χ0) is 9.00. The average Bonchev–Trinajstić information content (AvgIpc) is 1.12. The molecule has 0 rings (SSSR count). The monoisotopic (exact) mass is 418 g/mol. The second-order valence-electron chi connectivity index (χ2n) is 0.894. The SMILES string of the molecule is [O+2].[O+2].[O+2].[O]=[Sb]([O-])([O-])[O-].[O]=[Sb]([O-])([O-])[O-]. The Bertz CT molecular complexity index is 120. The van der Waals surface area contributed by atoms with Gasteiger partial charge in [0.25, 0.3) is 0 Å². The molecule has 13 heteroatoms. The van der Waals surface area contributed by atoms with Crippen LogP contribution in [0.15, 0.2) is 0 Å². The van der Waals surface area contributed by atoms with E-state index in [0.29, 0.717) is 0 Å². The Morgan fingerprint density at radius 1 is 0.538 bits per heavy atom. The van der Waals surface area contributed by atoms with Crippen molar-refractivity contribution in [1.29, 1.82) is 0 Å². The summed E-state index contributed by atoms with van der Waals surface area (Å²) in [6.07, 6.45) is 0. The van der Waals surface area contributed by atoms with E-state index in [9.17, 15) is 0 Å². The first kappa shape index (κ1) is 29.2. The molecule has 0 amide bonds. The quantitative estimate of drug-likeness (QED) is 0.339. The maximum atomic E-state index is 8.64. The minimum atomic E-state index is -6.10. The van der Waals surface area contributed by atoms with Crippen molar-refractivity contribution in [2.45, 2.75) is 0 Å². The topological polar surface area (TPSA) is 258 Å². The van der Waals surface area contributed by atoms with Gasteiger partial charge in [-0.3, -0.25) is 0 Å². The molecule has 0 saturated heterocycles. The van der Waals surface area contributed by atoms with E-state index in [-0.39, 0.29) is 16.4 Å². The molecule has 0 aromatic carbocycles. The molecule has 0 heterocycles. The summed E-state index contributed by atoms with van der Waals surface area (Å²) in [7, 11) is 0. The number of hydrogen-bond donors (Lipinski definition) is 0. The van der Waals surface area contributed by atoms with Gasteiger partial charge in [-0.25, -0.2) is 0 Å². The third kappa shape index (κ3) is 1980. The standard InChI is InChI=1S/11O.2Sb/q;;6*-1;3*+2;;. The molecule has 0 bridgehead atoms. The Morgan fingerprint density at radius 2 is 0.538 bits per heavy atom. The van der Waals surface area contributed by atoms with E-state index in [4.69, 9.17) is 26.3 Å². The van der Waals surface area contributed by atoms with Gasteiger partial charge < -0.3 is 0 Å². The summed E-state index contributed by atoms with van der Waals surface area (Å²) < 4.78 is 69.1. The summed E-state index contributed by atoms with van der Waals surface area (Å²) >= 11 is -12.2. The molecule has 0 aliphatic rings. The van der Waals surface area contributed by atoms with Crippen molar-refractivity contribution >= 4 is 40.1 Å². The van der Waals surface area contributed by atoms with E-state index in [1.807, 2.05) is 0 Å². The van der Waals surface area contributed by atoms with Gasteiger partial charge in [0.2, 0.25) is 0 Å². The minimum absolute atomic E-state index is 0. The Hall–Kier alpha value is 0.876. The molecule has 11 nitrogen and oxygen atoms in total. The molecule has 0 spiro atoms. The molecule has 76 valence electrons. The van der Waals surface area contributed by atoms with Crippen LogP contribution in [0, 0.1) is 0 Å². The Labute approximate surface area is 82.6 Å². The molecule has 0 atom stereocenters. The molecule has 13 heavy (non-hydrogen) atoms. The molecular formula is O11Sb2. The fourth-order valence-corrected chi connectivity index (χ4v) is 0. The van der Waals surface area contributed by atoms with Crippen LogP contribution in [-0.4, -0.2) is 40.1 Å². The van der Waals surface area contributed by atoms with E-state index in [1.54, 1.807) is 0 Å². The van der Waals surface area contributed by atoms with Crippen LogP contribution in [0.5, 0.6) is 0 Å². The van der Waals surface area contributed by atoms with Crippen LogP contribution >= 0.6 is 0 Å². The summed E-state index contributed by atoms with van der Waals surface area (Å²) in [5.74, 6) is 0. The second-order valence-corrected chi connectivity index (χ2v) is 6.00. The van der Waals surface area contributed by atoms with Gasteiger partial charge in [-0.05, 0) is 0 Å². The van der Waals surface area contributed by atoms with Gasteiger partial charge in [-0.1, -0.05) is 0 Å². The van der Waals surface area contributed by atoms with Crippen LogP contribution in [0.25, 0.3) is 0 Å². The van der Waals surface area contributed by atoms with Crippen molar-refractivity contribution in [1.82, 2.24) is 0 Å². The van der Waals surface area contributed by atoms with E-state index < -0.39 is 40.1 Å². The second kappa shape index (κ2) is 11.0. The maximum absolute atomic E-state index is 8.64. The van der Waals surface area contributed by atoms with E-state index in [2.05, 4.69) is 0 Å². The van der Waals surface area contributed by atoms with Gasteiger partial charge in [0, 0.05) is 0 Å². The van der Waals surface area contributed by atoms with Crippen LogP contribution < -0.4 is 20.3 Å². The molecular weight excluding hydrogens is 420 g/mol. The van der Waals surface area contributed by atoms with Gasteiger partial charge in [0.05, 0.1) is 0 Å². The van der Waals surface area contributed by atoms with Crippen molar-refractivity contribution in [3.05, 3.63) is 0 Å². The van der Waals surface area contributed by atoms with E-state index >= 15 is 0 Å². The van der Waals surface area contributed by atoms with Gasteiger partial charge in [-0.2, -0.15) is 0 Å². The van der Waals surface area contributed by atoms with Crippen molar-refractivity contribution < 1.29 is 42.8 Å². The van der Waals surface area contributed by atoms with E-state index in [1.165, 1.54) is 0 Å². The molecule has 0 aliphatic heterocycles. The molecule has 0 aromatic rings. The first-order valence-corrected chi connectivity index (χ1v) is 9.80. The summed E-state index contributed by atoms with van der Waals surface area (Å²) in [5.41, 5.74) is 0. The zero-order valence-electron chi connectivity index (χ0n) is 5.39. The molecule has 0 saturated carbocycles. The van der Waals surface area contributed by atoms with Gasteiger partial charge in [0.15, 0.2) is 0 Å². The van der Waals surface area contributed by atoms with Crippen molar-refractivity contribution in [3.63, 3.8) is 0 Å². The first-order valence-electron chi connectivity index (χ1n) is 1.46. The van der Waals surface area contributed by atoms with E-state index in [0.717, 1.165) is 0 Å². The fourth-order valence-electron chi connectivity index (χ4n) is 0.